The molecule has 96 valence electrons. The van der Waals surface area contributed by atoms with Crippen molar-refractivity contribution in [3.8, 4) is 0 Å². The molecule has 0 aliphatic rings. The Balaban J connectivity index is 2.55. The third kappa shape index (κ3) is 4.88. The van der Waals surface area contributed by atoms with Crippen molar-refractivity contribution in [1.29, 1.82) is 0 Å². The molecule has 0 fully saturated rings. The minimum Gasteiger partial charge on any atom is -0.376 e. The van der Waals surface area contributed by atoms with E-state index in [0.29, 0.717) is 18.1 Å². The second kappa shape index (κ2) is 7.46. The molecule has 2 nitrogen and oxygen atoms in total. The lowest BCUT2D eigenvalue weighted by Gasteiger charge is -2.23. The summed E-state index contributed by atoms with van der Waals surface area (Å²) in [5.74, 6) is 0.563. The van der Waals surface area contributed by atoms with Gasteiger partial charge in [-0.1, -0.05) is 51.1 Å². The maximum Gasteiger partial charge on any atom is 0.0665 e. The van der Waals surface area contributed by atoms with Crippen LogP contribution in [0.25, 0.3) is 0 Å². The Morgan fingerprint density at radius 1 is 1.12 bits per heavy atom. The first-order chi connectivity index (χ1) is 8.15. The lowest BCUT2D eigenvalue weighted by atomic mass is 10.1. The summed E-state index contributed by atoms with van der Waals surface area (Å²) in [4.78, 5) is 0. The van der Waals surface area contributed by atoms with Gasteiger partial charge in [0.15, 0.2) is 0 Å². The largest absolute Gasteiger partial charge is 0.376 e. The fraction of sp³-hybridized carbons (Fsp3) is 0.600. The summed E-state index contributed by atoms with van der Waals surface area (Å²) >= 11 is 0. The first-order valence-corrected chi connectivity index (χ1v) is 6.55. The Morgan fingerprint density at radius 3 is 2.29 bits per heavy atom. The van der Waals surface area contributed by atoms with Crippen LogP contribution >= 0.6 is 0 Å². The Labute approximate surface area is 105 Å². The van der Waals surface area contributed by atoms with Gasteiger partial charge in [-0.2, -0.15) is 0 Å². The predicted molar refractivity (Wildman–Crippen MR) is 73.1 cm³/mol. The molecule has 0 saturated carbocycles. The zero-order chi connectivity index (χ0) is 12.7. The molecule has 17 heavy (non-hydrogen) atoms. The van der Waals surface area contributed by atoms with E-state index >= 15 is 0 Å². The first kappa shape index (κ1) is 14.2. The lowest BCUT2D eigenvalue weighted by Crippen LogP contribution is -2.28. The first-order valence-electron chi connectivity index (χ1n) is 6.55. The van der Waals surface area contributed by atoms with Gasteiger partial charge in [-0.25, -0.2) is 0 Å². The van der Waals surface area contributed by atoms with Crippen molar-refractivity contribution in [2.24, 2.45) is 5.92 Å². The van der Waals surface area contributed by atoms with Crippen molar-refractivity contribution in [2.75, 3.05) is 13.2 Å². The molecule has 2 unspecified atom stereocenters. The van der Waals surface area contributed by atoms with Gasteiger partial charge in [0.1, 0.15) is 0 Å². The van der Waals surface area contributed by atoms with Crippen LogP contribution in [0.5, 0.6) is 0 Å². The third-order valence-corrected chi connectivity index (χ3v) is 3.12. The highest BCUT2D eigenvalue weighted by molar-refractivity contribution is 5.18. The van der Waals surface area contributed by atoms with E-state index in [-0.39, 0.29) is 0 Å². The summed E-state index contributed by atoms with van der Waals surface area (Å²) in [5, 5.41) is 3.47. The van der Waals surface area contributed by atoms with Gasteiger partial charge in [-0.05, 0) is 24.9 Å². The molecule has 1 rings (SSSR count). The standard InChI is InChI=1S/C15H25NO/c1-5-16-15(11-17-13(4)12(2)3)14-9-7-6-8-10-14/h6-10,12-13,15-16H,5,11H2,1-4H3. The number of rotatable bonds is 7. The summed E-state index contributed by atoms with van der Waals surface area (Å²) in [6, 6.07) is 10.8. The van der Waals surface area contributed by atoms with Crippen LogP contribution in [0, 0.1) is 5.92 Å². The van der Waals surface area contributed by atoms with E-state index in [1.54, 1.807) is 0 Å². The molecule has 0 amide bonds. The third-order valence-electron chi connectivity index (χ3n) is 3.12. The van der Waals surface area contributed by atoms with E-state index in [0.717, 1.165) is 13.2 Å². The van der Waals surface area contributed by atoms with Crippen molar-refractivity contribution in [2.45, 2.75) is 39.8 Å². The number of nitrogens with one attached hydrogen (secondary N) is 1. The van der Waals surface area contributed by atoms with Gasteiger partial charge in [0.2, 0.25) is 0 Å². The molecule has 0 saturated heterocycles. The molecular weight excluding hydrogens is 210 g/mol. The van der Waals surface area contributed by atoms with Crippen LogP contribution in [0.3, 0.4) is 0 Å². The SMILES string of the molecule is CCNC(COC(C)C(C)C)c1ccccc1. The minimum atomic E-state index is 0.294. The molecule has 1 N–H and O–H groups in total. The Morgan fingerprint density at radius 2 is 1.76 bits per heavy atom. The molecule has 0 aliphatic heterocycles. The van der Waals surface area contributed by atoms with Gasteiger partial charge in [0, 0.05) is 0 Å². The molecule has 0 aromatic heterocycles. The number of ether oxygens (including phenoxy) is 1. The number of benzene rings is 1. The maximum atomic E-state index is 5.91. The van der Waals surface area contributed by atoms with Gasteiger partial charge in [-0.15, -0.1) is 0 Å². The van der Waals surface area contributed by atoms with Crippen LogP contribution in [0.4, 0.5) is 0 Å². The van der Waals surface area contributed by atoms with E-state index in [4.69, 9.17) is 4.74 Å². The van der Waals surface area contributed by atoms with Crippen molar-refractivity contribution in [3.05, 3.63) is 35.9 Å². The van der Waals surface area contributed by atoms with E-state index in [1.807, 2.05) is 6.07 Å². The number of hydrogen-bond donors (Lipinski definition) is 1. The van der Waals surface area contributed by atoms with Gasteiger partial charge in [0.05, 0.1) is 18.8 Å². The van der Waals surface area contributed by atoms with E-state index < -0.39 is 0 Å². The molecule has 0 aliphatic carbocycles. The fourth-order valence-electron chi connectivity index (χ4n) is 1.65. The summed E-state index contributed by atoms with van der Waals surface area (Å²) < 4.78 is 5.91. The number of likely N-dealkylation sites (N-methyl/N-ethyl adjacent to an activating group) is 1. The van der Waals surface area contributed by atoms with Gasteiger partial charge >= 0.3 is 0 Å². The molecule has 0 spiro atoms. The quantitative estimate of drug-likeness (QED) is 0.782. The normalized spacial score (nSPS) is 14.9. The van der Waals surface area contributed by atoms with Crippen molar-refractivity contribution in [1.82, 2.24) is 5.32 Å². The smallest absolute Gasteiger partial charge is 0.0665 e. The summed E-state index contributed by atoms with van der Waals surface area (Å²) in [6.45, 7) is 10.3. The maximum absolute atomic E-state index is 5.91. The fourth-order valence-corrected chi connectivity index (χ4v) is 1.65. The van der Waals surface area contributed by atoms with E-state index in [1.165, 1.54) is 5.56 Å². The van der Waals surface area contributed by atoms with Crippen molar-refractivity contribution >= 4 is 0 Å². The van der Waals surface area contributed by atoms with Crippen molar-refractivity contribution < 1.29 is 4.74 Å². The Kier molecular flexibility index (Phi) is 6.23. The summed E-state index contributed by atoms with van der Waals surface area (Å²) in [5.41, 5.74) is 1.30. The predicted octanol–water partition coefficient (Wildman–Crippen LogP) is 3.40. The Hall–Kier alpha value is -0.860. The molecular formula is C15H25NO. The van der Waals surface area contributed by atoms with Gasteiger partial charge < -0.3 is 10.1 Å². The van der Waals surface area contributed by atoms with Crippen LogP contribution in [-0.2, 0) is 4.74 Å². The lowest BCUT2D eigenvalue weighted by molar-refractivity contribution is 0.0220. The van der Waals surface area contributed by atoms with Crippen LogP contribution in [0.1, 0.15) is 39.3 Å². The molecule has 2 atom stereocenters. The minimum absolute atomic E-state index is 0.294. The molecule has 1 aromatic rings. The number of hydrogen-bond acceptors (Lipinski definition) is 2. The molecule has 0 bridgehead atoms. The summed E-state index contributed by atoms with van der Waals surface area (Å²) in [7, 11) is 0. The second-order valence-electron chi connectivity index (χ2n) is 4.80. The zero-order valence-corrected chi connectivity index (χ0v) is 11.4. The second-order valence-corrected chi connectivity index (χ2v) is 4.80. The van der Waals surface area contributed by atoms with Crippen LogP contribution in [0.15, 0.2) is 30.3 Å². The Bertz CT molecular complexity index is 297. The van der Waals surface area contributed by atoms with Gasteiger partial charge in [-0.3, -0.25) is 0 Å². The van der Waals surface area contributed by atoms with Crippen LogP contribution in [0.2, 0.25) is 0 Å². The van der Waals surface area contributed by atoms with Crippen molar-refractivity contribution in [3.63, 3.8) is 0 Å². The highest BCUT2D eigenvalue weighted by Crippen LogP contribution is 2.15. The average molecular weight is 235 g/mol. The summed E-state index contributed by atoms with van der Waals surface area (Å²) in [6.07, 6.45) is 0.305. The topological polar surface area (TPSA) is 21.3 Å². The van der Waals surface area contributed by atoms with Gasteiger partial charge in [0.25, 0.3) is 0 Å². The monoisotopic (exact) mass is 235 g/mol. The van der Waals surface area contributed by atoms with Crippen LogP contribution < -0.4 is 5.32 Å². The van der Waals surface area contributed by atoms with E-state index in [2.05, 4.69) is 57.3 Å². The molecule has 2 heteroatoms. The zero-order valence-electron chi connectivity index (χ0n) is 11.4. The molecule has 1 aromatic carbocycles. The average Bonchev–Trinajstić information content (AvgIpc) is 2.35. The molecule has 0 heterocycles. The highest BCUT2D eigenvalue weighted by atomic mass is 16.5. The van der Waals surface area contributed by atoms with Crippen LogP contribution in [-0.4, -0.2) is 19.3 Å². The van der Waals surface area contributed by atoms with E-state index in [9.17, 15) is 0 Å². The molecule has 0 radical (unpaired) electrons. The highest BCUT2D eigenvalue weighted by Gasteiger charge is 2.13.